The molecule has 1 aromatic heterocycles. The zero-order valence-electron chi connectivity index (χ0n) is 12.2. The molecule has 0 saturated carbocycles. The quantitative estimate of drug-likeness (QED) is 0.790. The molecule has 112 valence electrons. The average molecular weight is 293 g/mol. The van der Waals surface area contributed by atoms with Gasteiger partial charge in [-0.05, 0) is 51.2 Å². The van der Waals surface area contributed by atoms with Crippen molar-refractivity contribution in [3.8, 4) is 0 Å². The normalized spacial score (nSPS) is 12.7. The lowest BCUT2D eigenvalue weighted by molar-refractivity contribution is 0.0854. The number of Topliss-reactive ketones (excluding diaryl/α,β-unsaturated/α-hetero) is 1. The molecule has 5 heteroatoms. The zero-order valence-corrected chi connectivity index (χ0v) is 12.2. The Hall–Kier alpha value is -2.01. The summed E-state index contributed by atoms with van der Waals surface area (Å²) in [5, 5.41) is 0. The number of carbonyl (C=O) groups is 1. The van der Waals surface area contributed by atoms with E-state index in [4.69, 9.17) is 4.42 Å². The topological polar surface area (TPSA) is 33.5 Å². The summed E-state index contributed by atoms with van der Waals surface area (Å²) < 4.78 is 31.6. The molecule has 2 rings (SSSR count). The standard InChI is InChI=1S/C16H17F2NO2/c1-10-4-6-13(21-10)9-19(3)11(2)16(20)12-5-7-14(17)15(18)8-12/h4-8,11H,9H2,1-3H3. The molecular formula is C16H17F2NO2. The van der Waals surface area contributed by atoms with E-state index in [1.165, 1.54) is 6.07 Å². The number of likely N-dealkylation sites (N-methyl/N-ethyl adjacent to an activating group) is 1. The van der Waals surface area contributed by atoms with Crippen LogP contribution in [0.1, 0.15) is 28.8 Å². The van der Waals surface area contributed by atoms with Crippen LogP contribution in [0.5, 0.6) is 0 Å². The van der Waals surface area contributed by atoms with E-state index in [2.05, 4.69) is 0 Å². The molecule has 0 fully saturated rings. The molecule has 0 aliphatic rings. The Labute approximate surface area is 122 Å². The maximum Gasteiger partial charge on any atom is 0.179 e. The zero-order chi connectivity index (χ0) is 15.6. The molecule has 1 atom stereocenters. The van der Waals surface area contributed by atoms with Crippen LogP contribution in [0.15, 0.2) is 34.7 Å². The maximum atomic E-state index is 13.2. The number of rotatable bonds is 5. The van der Waals surface area contributed by atoms with Crippen molar-refractivity contribution in [3.05, 3.63) is 59.1 Å². The number of furan rings is 1. The highest BCUT2D eigenvalue weighted by Gasteiger charge is 2.21. The SMILES string of the molecule is Cc1ccc(CN(C)C(C)C(=O)c2ccc(F)c(F)c2)o1. The lowest BCUT2D eigenvalue weighted by Crippen LogP contribution is -2.35. The van der Waals surface area contributed by atoms with Crippen LogP contribution in [-0.2, 0) is 6.54 Å². The van der Waals surface area contributed by atoms with Gasteiger partial charge in [-0.25, -0.2) is 8.78 Å². The Morgan fingerprint density at radius 2 is 1.95 bits per heavy atom. The first-order valence-corrected chi connectivity index (χ1v) is 6.63. The third-order valence-corrected chi connectivity index (χ3v) is 3.45. The van der Waals surface area contributed by atoms with Gasteiger partial charge in [0, 0.05) is 5.56 Å². The minimum absolute atomic E-state index is 0.156. The van der Waals surface area contributed by atoms with Gasteiger partial charge < -0.3 is 4.42 Å². The summed E-state index contributed by atoms with van der Waals surface area (Å²) in [6.07, 6.45) is 0. The fraction of sp³-hybridized carbons (Fsp3) is 0.312. The van der Waals surface area contributed by atoms with Crippen LogP contribution in [0, 0.1) is 18.6 Å². The monoisotopic (exact) mass is 293 g/mol. The molecule has 0 aliphatic carbocycles. The van der Waals surface area contributed by atoms with E-state index in [1.807, 2.05) is 19.1 Å². The minimum Gasteiger partial charge on any atom is -0.465 e. The molecule has 0 bridgehead atoms. The molecule has 0 radical (unpaired) electrons. The van der Waals surface area contributed by atoms with Gasteiger partial charge in [0.1, 0.15) is 11.5 Å². The van der Waals surface area contributed by atoms with E-state index < -0.39 is 17.7 Å². The van der Waals surface area contributed by atoms with E-state index in [9.17, 15) is 13.6 Å². The lowest BCUT2D eigenvalue weighted by atomic mass is 10.0. The van der Waals surface area contributed by atoms with Gasteiger partial charge in [-0.1, -0.05) is 0 Å². The molecule has 0 spiro atoms. The summed E-state index contributed by atoms with van der Waals surface area (Å²) in [4.78, 5) is 14.1. The Morgan fingerprint density at radius 1 is 1.24 bits per heavy atom. The van der Waals surface area contributed by atoms with Gasteiger partial charge in [-0.2, -0.15) is 0 Å². The third kappa shape index (κ3) is 3.55. The highest BCUT2D eigenvalue weighted by Crippen LogP contribution is 2.15. The highest BCUT2D eigenvalue weighted by molar-refractivity contribution is 5.99. The summed E-state index contributed by atoms with van der Waals surface area (Å²) in [5.74, 6) is -0.686. The van der Waals surface area contributed by atoms with Gasteiger partial charge in [0.15, 0.2) is 17.4 Å². The first-order valence-electron chi connectivity index (χ1n) is 6.63. The average Bonchev–Trinajstić information content (AvgIpc) is 2.85. The first-order chi connectivity index (χ1) is 9.88. The molecule has 1 aromatic carbocycles. The van der Waals surface area contributed by atoms with Crippen molar-refractivity contribution in [3.63, 3.8) is 0 Å². The Kier molecular flexibility index (Phi) is 4.53. The van der Waals surface area contributed by atoms with Gasteiger partial charge in [0.2, 0.25) is 0 Å². The maximum absolute atomic E-state index is 13.2. The van der Waals surface area contributed by atoms with E-state index >= 15 is 0 Å². The van der Waals surface area contributed by atoms with Crippen molar-refractivity contribution in [1.29, 1.82) is 0 Å². The van der Waals surface area contributed by atoms with Crippen LogP contribution in [0.2, 0.25) is 0 Å². The second-order valence-corrected chi connectivity index (χ2v) is 5.10. The summed E-state index contributed by atoms with van der Waals surface area (Å²) in [6, 6.07) is 6.41. The van der Waals surface area contributed by atoms with Crippen LogP contribution < -0.4 is 0 Å². The number of hydrogen-bond acceptors (Lipinski definition) is 3. The number of ketones is 1. The molecule has 21 heavy (non-hydrogen) atoms. The fourth-order valence-electron chi connectivity index (χ4n) is 2.04. The van der Waals surface area contributed by atoms with Crippen LogP contribution in [-0.4, -0.2) is 23.8 Å². The summed E-state index contributed by atoms with van der Waals surface area (Å²) >= 11 is 0. The lowest BCUT2D eigenvalue weighted by Gasteiger charge is -2.22. The van der Waals surface area contributed by atoms with E-state index in [0.717, 1.165) is 23.7 Å². The molecule has 3 nitrogen and oxygen atoms in total. The number of benzene rings is 1. The van der Waals surface area contributed by atoms with Crippen molar-refractivity contribution >= 4 is 5.78 Å². The van der Waals surface area contributed by atoms with Crippen LogP contribution >= 0.6 is 0 Å². The van der Waals surface area contributed by atoms with E-state index in [-0.39, 0.29) is 11.3 Å². The number of nitrogens with zero attached hydrogens (tertiary/aromatic N) is 1. The fourth-order valence-corrected chi connectivity index (χ4v) is 2.04. The Bertz CT molecular complexity index is 651. The molecule has 1 unspecified atom stereocenters. The molecule has 0 amide bonds. The Morgan fingerprint density at radius 3 is 2.52 bits per heavy atom. The molecule has 0 aliphatic heterocycles. The van der Waals surface area contributed by atoms with Crippen molar-refractivity contribution in [2.24, 2.45) is 0 Å². The van der Waals surface area contributed by atoms with Crippen molar-refractivity contribution in [1.82, 2.24) is 4.90 Å². The highest BCUT2D eigenvalue weighted by atomic mass is 19.2. The Balaban J connectivity index is 2.08. The molecule has 2 aromatic rings. The van der Waals surface area contributed by atoms with Gasteiger partial charge in [0.05, 0.1) is 12.6 Å². The van der Waals surface area contributed by atoms with Gasteiger partial charge in [-0.3, -0.25) is 9.69 Å². The first kappa shape index (κ1) is 15.4. The number of hydrogen-bond donors (Lipinski definition) is 0. The van der Waals surface area contributed by atoms with E-state index in [1.54, 1.807) is 18.9 Å². The summed E-state index contributed by atoms with van der Waals surface area (Å²) in [5.41, 5.74) is 0.156. The summed E-state index contributed by atoms with van der Waals surface area (Å²) in [6.45, 7) is 4.03. The van der Waals surface area contributed by atoms with Crippen molar-refractivity contribution < 1.29 is 18.0 Å². The molecular weight excluding hydrogens is 276 g/mol. The largest absolute Gasteiger partial charge is 0.465 e. The number of halogens is 2. The molecule has 1 heterocycles. The molecule has 0 saturated heterocycles. The predicted molar refractivity (Wildman–Crippen MR) is 75.1 cm³/mol. The van der Waals surface area contributed by atoms with Crippen LogP contribution in [0.25, 0.3) is 0 Å². The van der Waals surface area contributed by atoms with Crippen molar-refractivity contribution in [2.75, 3.05) is 7.05 Å². The smallest absolute Gasteiger partial charge is 0.179 e. The van der Waals surface area contributed by atoms with Crippen LogP contribution in [0.4, 0.5) is 8.78 Å². The second kappa shape index (κ2) is 6.18. The van der Waals surface area contributed by atoms with Gasteiger partial charge in [-0.15, -0.1) is 0 Å². The number of aryl methyl sites for hydroxylation is 1. The third-order valence-electron chi connectivity index (χ3n) is 3.45. The second-order valence-electron chi connectivity index (χ2n) is 5.10. The van der Waals surface area contributed by atoms with Crippen molar-refractivity contribution in [2.45, 2.75) is 26.4 Å². The molecule has 0 N–H and O–H groups in total. The minimum atomic E-state index is -1.02. The van der Waals surface area contributed by atoms with E-state index in [0.29, 0.717) is 6.54 Å². The number of carbonyl (C=O) groups excluding carboxylic acids is 1. The van der Waals surface area contributed by atoms with Crippen LogP contribution in [0.3, 0.4) is 0 Å². The van der Waals surface area contributed by atoms with Gasteiger partial charge >= 0.3 is 0 Å². The predicted octanol–water partition coefficient (Wildman–Crippen LogP) is 3.57. The summed E-state index contributed by atoms with van der Waals surface area (Å²) in [7, 11) is 1.78. The van der Waals surface area contributed by atoms with Gasteiger partial charge in [0.25, 0.3) is 0 Å².